The van der Waals surface area contributed by atoms with Crippen molar-refractivity contribution < 1.29 is 0 Å². The first-order valence-corrected chi connectivity index (χ1v) is 9.26. The Morgan fingerprint density at radius 2 is 2.04 bits per heavy atom. The van der Waals surface area contributed by atoms with Crippen LogP contribution >= 0.6 is 0 Å². The van der Waals surface area contributed by atoms with E-state index in [2.05, 4.69) is 57.7 Å². The highest BCUT2D eigenvalue weighted by molar-refractivity contribution is 5.45. The fraction of sp³-hybridized carbons (Fsp3) is 0.545. The van der Waals surface area contributed by atoms with Gasteiger partial charge >= 0.3 is 0 Å². The van der Waals surface area contributed by atoms with E-state index in [1.54, 1.807) is 27.8 Å². The zero-order valence-electron chi connectivity index (χ0n) is 15.5. The maximum atomic E-state index is 2.72. The van der Waals surface area contributed by atoms with Crippen LogP contribution in [0.3, 0.4) is 0 Å². The quantitative estimate of drug-likeness (QED) is 0.726. The molecular formula is C22H31N. The van der Waals surface area contributed by atoms with E-state index in [1.165, 1.54) is 30.5 Å². The van der Waals surface area contributed by atoms with Crippen molar-refractivity contribution in [2.75, 3.05) is 6.54 Å². The third-order valence-electron chi connectivity index (χ3n) is 5.98. The van der Waals surface area contributed by atoms with Crippen LogP contribution in [0.4, 0.5) is 0 Å². The Morgan fingerprint density at radius 1 is 1.26 bits per heavy atom. The largest absolute Gasteiger partial charge is 0.292 e. The summed E-state index contributed by atoms with van der Waals surface area (Å²) in [6, 6.07) is 5.33. The van der Waals surface area contributed by atoms with Gasteiger partial charge in [-0.25, -0.2) is 0 Å². The summed E-state index contributed by atoms with van der Waals surface area (Å²) < 4.78 is 0. The van der Waals surface area contributed by atoms with Crippen LogP contribution in [-0.4, -0.2) is 17.5 Å². The third-order valence-corrected chi connectivity index (χ3v) is 5.98. The van der Waals surface area contributed by atoms with E-state index in [4.69, 9.17) is 0 Å². The van der Waals surface area contributed by atoms with E-state index < -0.39 is 0 Å². The molecule has 124 valence electrons. The van der Waals surface area contributed by atoms with Gasteiger partial charge in [0.25, 0.3) is 0 Å². The van der Waals surface area contributed by atoms with Crippen LogP contribution in [0.15, 0.2) is 34.9 Å². The number of fused-ring (bicyclic) bond motifs is 2. The van der Waals surface area contributed by atoms with Crippen LogP contribution in [0, 0.1) is 6.92 Å². The minimum absolute atomic E-state index is 0.611. The van der Waals surface area contributed by atoms with Gasteiger partial charge in [-0.3, -0.25) is 4.90 Å². The first-order chi connectivity index (χ1) is 11.0. The molecule has 2 aliphatic heterocycles. The molecule has 1 aromatic carbocycles. The van der Waals surface area contributed by atoms with Crippen LogP contribution in [0.1, 0.15) is 62.8 Å². The third kappa shape index (κ3) is 3.04. The summed E-state index contributed by atoms with van der Waals surface area (Å²) in [6.07, 6.45) is 7.17. The molecule has 0 saturated heterocycles. The fourth-order valence-electron chi connectivity index (χ4n) is 4.31. The Morgan fingerprint density at radius 3 is 2.74 bits per heavy atom. The number of benzene rings is 1. The molecule has 2 heterocycles. The second-order valence-corrected chi connectivity index (χ2v) is 7.35. The summed E-state index contributed by atoms with van der Waals surface area (Å²) in [5.74, 6) is 0. The van der Waals surface area contributed by atoms with E-state index in [0.717, 1.165) is 19.4 Å². The summed E-state index contributed by atoms with van der Waals surface area (Å²) in [7, 11) is 0. The lowest BCUT2D eigenvalue weighted by molar-refractivity contribution is 0.185. The van der Waals surface area contributed by atoms with Gasteiger partial charge in [0, 0.05) is 19.1 Å². The second kappa shape index (κ2) is 6.65. The van der Waals surface area contributed by atoms with Gasteiger partial charge < -0.3 is 0 Å². The van der Waals surface area contributed by atoms with E-state index in [-0.39, 0.29) is 0 Å². The molecule has 3 rings (SSSR count). The molecule has 0 aliphatic carbocycles. The van der Waals surface area contributed by atoms with Gasteiger partial charge in [-0.1, -0.05) is 43.2 Å². The molecule has 1 atom stereocenters. The maximum Gasteiger partial charge on any atom is 0.0354 e. The normalized spacial score (nSPS) is 22.1. The highest BCUT2D eigenvalue weighted by Gasteiger charge is 2.32. The van der Waals surface area contributed by atoms with Gasteiger partial charge in [-0.15, -0.1) is 0 Å². The number of hydrogen-bond donors (Lipinski definition) is 0. The van der Waals surface area contributed by atoms with Crippen LogP contribution in [0.25, 0.3) is 0 Å². The Hall–Kier alpha value is -1.34. The summed E-state index contributed by atoms with van der Waals surface area (Å²) in [6.45, 7) is 13.8. The maximum absolute atomic E-state index is 2.72. The van der Waals surface area contributed by atoms with Crippen molar-refractivity contribution in [3.63, 3.8) is 0 Å². The SMILES string of the molecule is CC/C(C)=C/C1=C(C)C2Cc3ccc(C)c(CC)c3CN2CC1. The van der Waals surface area contributed by atoms with Gasteiger partial charge in [-0.05, 0) is 74.3 Å². The van der Waals surface area contributed by atoms with Gasteiger partial charge in [0.05, 0.1) is 0 Å². The molecule has 0 fully saturated rings. The van der Waals surface area contributed by atoms with Gasteiger partial charge in [-0.2, -0.15) is 0 Å². The zero-order valence-corrected chi connectivity index (χ0v) is 15.5. The molecule has 0 aromatic heterocycles. The lowest BCUT2D eigenvalue weighted by Crippen LogP contribution is -2.45. The van der Waals surface area contributed by atoms with Crippen molar-refractivity contribution in [3.05, 3.63) is 57.2 Å². The molecule has 1 nitrogen and oxygen atoms in total. The highest BCUT2D eigenvalue weighted by Crippen LogP contribution is 2.35. The number of nitrogens with zero attached hydrogens (tertiary/aromatic N) is 1. The van der Waals surface area contributed by atoms with Crippen LogP contribution in [0.5, 0.6) is 0 Å². The topological polar surface area (TPSA) is 3.24 Å². The molecule has 0 amide bonds. The average Bonchev–Trinajstić information content (AvgIpc) is 2.56. The first kappa shape index (κ1) is 16.5. The lowest BCUT2D eigenvalue weighted by Gasteiger charge is -2.42. The van der Waals surface area contributed by atoms with Crippen LogP contribution in [0.2, 0.25) is 0 Å². The molecule has 0 N–H and O–H groups in total. The van der Waals surface area contributed by atoms with Gasteiger partial charge in [0.15, 0.2) is 0 Å². The van der Waals surface area contributed by atoms with Crippen molar-refractivity contribution >= 4 is 0 Å². The monoisotopic (exact) mass is 309 g/mol. The smallest absolute Gasteiger partial charge is 0.0354 e. The number of rotatable bonds is 3. The van der Waals surface area contributed by atoms with Crippen LogP contribution in [-0.2, 0) is 19.4 Å². The fourth-order valence-corrected chi connectivity index (χ4v) is 4.31. The molecular weight excluding hydrogens is 278 g/mol. The summed E-state index contributed by atoms with van der Waals surface area (Å²) in [5.41, 5.74) is 11.0. The zero-order chi connectivity index (χ0) is 16.6. The molecule has 1 heteroatoms. The minimum atomic E-state index is 0.611. The summed E-state index contributed by atoms with van der Waals surface area (Å²) >= 11 is 0. The molecule has 2 aliphatic rings. The molecule has 0 saturated carbocycles. The highest BCUT2D eigenvalue weighted by atomic mass is 15.2. The van der Waals surface area contributed by atoms with Gasteiger partial charge in [0.1, 0.15) is 0 Å². The second-order valence-electron chi connectivity index (χ2n) is 7.35. The molecule has 1 unspecified atom stereocenters. The van der Waals surface area contributed by atoms with E-state index in [1.807, 2.05) is 0 Å². The number of allylic oxidation sites excluding steroid dienone is 2. The Kier molecular flexibility index (Phi) is 4.77. The van der Waals surface area contributed by atoms with E-state index in [9.17, 15) is 0 Å². The predicted molar refractivity (Wildman–Crippen MR) is 99.8 cm³/mol. The van der Waals surface area contributed by atoms with Gasteiger partial charge in [0.2, 0.25) is 0 Å². The summed E-state index contributed by atoms with van der Waals surface area (Å²) in [4.78, 5) is 2.72. The van der Waals surface area contributed by atoms with E-state index >= 15 is 0 Å². The Balaban J connectivity index is 1.96. The van der Waals surface area contributed by atoms with Crippen molar-refractivity contribution in [2.24, 2.45) is 0 Å². The van der Waals surface area contributed by atoms with Crippen molar-refractivity contribution in [1.82, 2.24) is 4.90 Å². The first-order valence-electron chi connectivity index (χ1n) is 9.26. The van der Waals surface area contributed by atoms with E-state index in [0.29, 0.717) is 6.04 Å². The Labute approximate surface area is 142 Å². The number of aryl methyl sites for hydroxylation is 1. The number of hydrogen-bond acceptors (Lipinski definition) is 1. The Bertz CT molecular complexity index is 663. The summed E-state index contributed by atoms with van der Waals surface area (Å²) in [5, 5.41) is 0. The molecule has 1 aromatic rings. The van der Waals surface area contributed by atoms with Crippen molar-refractivity contribution in [2.45, 2.75) is 72.9 Å². The molecule has 23 heavy (non-hydrogen) atoms. The molecule has 0 bridgehead atoms. The predicted octanol–water partition coefficient (Wildman–Crippen LogP) is 5.36. The lowest BCUT2D eigenvalue weighted by atomic mass is 9.81. The molecule has 0 spiro atoms. The van der Waals surface area contributed by atoms with Crippen molar-refractivity contribution in [1.29, 1.82) is 0 Å². The minimum Gasteiger partial charge on any atom is -0.292 e. The van der Waals surface area contributed by atoms with Crippen molar-refractivity contribution in [3.8, 4) is 0 Å². The molecule has 0 radical (unpaired) electrons. The van der Waals surface area contributed by atoms with Crippen LogP contribution < -0.4 is 0 Å². The standard InChI is InChI=1S/C22H31N/c1-6-15(3)12-18-10-11-23-14-21-19(13-22(23)17(18)5)9-8-16(4)20(21)7-2/h8-9,12,22H,6-7,10-11,13-14H2,1-5H3/b15-12+. The average molecular weight is 309 g/mol.